The maximum absolute atomic E-state index is 5.49. The number of allylic oxidation sites excluding steroid dienone is 1. The molecule has 2 heteroatoms. The van der Waals surface area contributed by atoms with Crippen molar-refractivity contribution in [2.45, 2.75) is 39.5 Å². The number of hydrogen-bond donors (Lipinski definition) is 0. The monoisotopic (exact) mass is 196 g/mol. The van der Waals surface area contributed by atoms with E-state index in [9.17, 15) is 0 Å². The van der Waals surface area contributed by atoms with E-state index in [0.717, 1.165) is 31.0 Å². The van der Waals surface area contributed by atoms with Crippen LogP contribution in [0.1, 0.15) is 39.5 Å². The van der Waals surface area contributed by atoms with E-state index in [0.29, 0.717) is 0 Å². The van der Waals surface area contributed by atoms with Crippen molar-refractivity contribution in [2.75, 3.05) is 13.2 Å². The lowest BCUT2D eigenvalue weighted by atomic mass is 9.78. The fourth-order valence-electron chi connectivity index (χ4n) is 2.58. The summed E-state index contributed by atoms with van der Waals surface area (Å²) in [5.74, 6) is 2.49. The first-order valence-electron chi connectivity index (χ1n) is 5.77. The summed E-state index contributed by atoms with van der Waals surface area (Å²) >= 11 is 0. The molecule has 0 aromatic carbocycles. The smallest absolute Gasteiger partial charge is 0.278 e. The fourth-order valence-corrected chi connectivity index (χ4v) is 2.58. The van der Waals surface area contributed by atoms with Crippen LogP contribution in [0.25, 0.3) is 0 Å². The molecule has 0 aromatic rings. The summed E-state index contributed by atoms with van der Waals surface area (Å²) in [5, 5.41) is 0. The molecule has 0 aromatic heterocycles. The van der Waals surface area contributed by atoms with Crippen LogP contribution in [-0.2, 0) is 9.47 Å². The standard InChI is InChI=1S/C12H20O2/c1-3-10-6-9(2)7-11(8-10)12-13-4-5-14-12/h9-10H,3-8H2,1-2H3. The minimum absolute atomic E-state index is 0.740. The zero-order valence-electron chi connectivity index (χ0n) is 9.21. The third-order valence-electron chi connectivity index (χ3n) is 3.28. The van der Waals surface area contributed by atoms with Gasteiger partial charge in [-0.1, -0.05) is 20.3 Å². The molecule has 14 heavy (non-hydrogen) atoms. The Morgan fingerprint density at radius 1 is 1.21 bits per heavy atom. The van der Waals surface area contributed by atoms with Crippen LogP contribution >= 0.6 is 0 Å². The average molecular weight is 196 g/mol. The van der Waals surface area contributed by atoms with E-state index in [-0.39, 0.29) is 0 Å². The molecule has 1 aliphatic heterocycles. The molecule has 1 heterocycles. The lowest BCUT2D eigenvalue weighted by molar-refractivity contribution is 0.158. The van der Waals surface area contributed by atoms with Gasteiger partial charge in [0.2, 0.25) is 0 Å². The Bertz CT molecular complexity index is 224. The minimum Gasteiger partial charge on any atom is -0.462 e. The Balaban J connectivity index is 2.07. The molecule has 0 amide bonds. The highest BCUT2D eigenvalue weighted by Gasteiger charge is 2.26. The van der Waals surface area contributed by atoms with Gasteiger partial charge in [0.15, 0.2) is 0 Å². The summed E-state index contributed by atoms with van der Waals surface area (Å²) in [4.78, 5) is 0. The second kappa shape index (κ2) is 4.24. The van der Waals surface area contributed by atoms with Gasteiger partial charge in [-0.2, -0.15) is 0 Å². The van der Waals surface area contributed by atoms with Crippen molar-refractivity contribution < 1.29 is 9.47 Å². The van der Waals surface area contributed by atoms with Crippen molar-refractivity contribution in [3.05, 3.63) is 11.5 Å². The van der Waals surface area contributed by atoms with Gasteiger partial charge in [0, 0.05) is 5.57 Å². The molecule has 0 N–H and O–H groups in total. The zero-order valence-corrected chi connectivity index (χ0v) is 9.21. The van der Waals surface area contributed by atoms with Crippen LogP contribution in [0.3, 0.4) is 0 Å². The van der Waals surface area contributed by atoms with Crippen LogP contribution in [0.2, 0.25) is 0 Å². The van der Waals surface area contributed by atoms with Crippen LogP contribution in [0.5, 0.6) is 0 Å². The molecule has 2 nitrogen and oxygen atoms in total. The summed E-state index contributed by atoms with van der Waals surface area (Å²) in [5.41, 5.74) is 1.42. The first kappa shape index (κ1) is 9.88. The van der Waals surface area contributed by atoms with Gasteiger partial charge in [-0.3, -0.25) is 0 Å². The molecule has 1 saturated heterocycles. The molecular weight excluding hydrogens is 176 g/mol. The molecular formula is C12H20O2. The molecule has 0 radical (unpaired) electrons. The number of rotatable bonds is 1. The lowest BCUT2D eigenvalue weighted by Crippen LogP contribution is -2.16. The molecule has 1 aliphatic carbocycles. The quantitative estimate of drug-likeness (QED) is 0.641. The lowest BCUT2D eigenvalue weighted by Gasteiger charge is -2.28. The van der Waals surface area contributed by atoms with Crippen LogP contribution in [0, 0.1) is 11.8 Å². The van der Waals surface area contributed by atoms with Crippen molar-refractivity contribution in [1.29, 1.82) is 0 Å². The van der Waals surface area contributed by atoms with Gasteiger partial charge in [0.25, 0.3) is 5.95 Å². The van der Waals surface area contributed by atoms with Crippen molar-refractivity contribution >= 4 is 0 Å². The summed E-state index contributed by atoms with van der Waals surface area (Å²) in [6, 6.07) is 0. The van der Waals surface area contributed by atoms with E-state index < -0.39 is 0 Å². The second-order valence-electron chi connectivity index (χ2n) is 4.61. The summed E-state index contributed by atoms with van der Waals surface area (Å²) in [7, 11) is 0. The topological polar surface area (TPSA) is 18.5 Å². The largest absolute Gasteiger partial charge is 0.462 e. The third kappa shape index (κ3) is 2.05. The van der Waals surface area contributed by atoms with Crippen molar-refractivity contribution in [3.63, 3.8) is 0 Å². The molecule has 0 bridgehead atoms. The Hall–Kier alpha value is -0.660. The average Bonchev–Trinajstić information content (AvgIpc) is 2.69. The summed E-state index contributed by atoms with van der Waals surface area (Å²) < 4.78 is 11.0. The third-order valence-corrected chi connectivity index (χ3v) is 3.28. The van der Waals surface area contributed by atoms with Crippen LogP contribution < -0.4 is 0 Å². The van der Waals surface area contributed by atoms with Gasteiger partial charge in [-0.05, 0) is 31.1 Å². The van der Waals surface area contributed by atoms with E-state index in [1.54, 1.807) is 0 Å². The molecule has 80 valence electrons. The summed E-state index contributed by atoms with van der Waals surface area (Å²) in [6.45, 7) is 6.09. The van der Waals surface area contributed by atoms with E-state index in [1.807, 2.05) is 0 Å². The molecule has 2 atom stereocenters. The zero-order chi connectivity index (χ0) is 9.97. The van der Waals surface area contributed by atoms with Gasteiger partial charge >= 0.3 is 0 Å². The fraction of sp³-hybridized carbons (Fsp3) is 0.833. The Morgan fingerprint density at radius 3 is 2.57 bits per heavy atom. The molecule has 2 unspecified atom stereocenters. The predicted molar refractivity (Wildman–Crippen MR) is 55.7 cm³/mol. The van der Waals surface area contributed by atoms with Crippen molar-refractivity contribution in [1.82, 2.24) is 0 Å². The van der Waals surface area contributed by atoms with E-state index in [1.165, 1.54) is 31.3 Å². The number of ether oxygens (including phenoxy) is 2. The van der Waals surface area contributed by atoms with E-state index >= 15 is 0 Å². The second-order valence-corrected chi connectivity index (χ2v) is 4.61. The number of hydrogen-bond acceptors (Lipinski definition) is 2. The first-order valence-corrected chi connectivity index (χ1v) is 5.77. The van der Waals surface area contributed by atoms with Crippen molar-refractivity contribution in [2.24, 2.45) is 11.8 Å². The van der Waals surface area contributed by atoms with Crippen LogP contribution in [0.4, 0.5) is 0 Å². The predicted octanol–water partition coefficient (Wildman–Crippen LogP) is 3.09. The molecule has 1 saturated carbocycles. The van der Waals surface area contributed by atoms with Crippen LogP contribution in [0.15, 0.2) is 11.5 Å². The van der Waals surface area contributed by atoms with Crippen molar-refractivity contribution in [3.8, 4) is 0 Å². The normalized spacial score (nSPS) is 32.7. The SMILES string of the molecule is CCC1CC(=C2OCCO2)CC(C)C1. The Morgan fingerprint density at radius 2 is 1.93 bits per heavy atom. The molecule has 0 spiro atoms. The minimum atomic E-state index is 0.740. The first-order chi connectivity index (χ1) is 6.79. The van der Waals surface area contributed by atoms with Gasteiger partial charge in [-0.15, -0.1) is 0 Å². The van der Waals surface area contributed by atoms with Crippen LogP contribution in [-0.4, -0.2) is 13.2 Å². The maximum Gasteiger partial charge on any atom is 0.278 e. The maximum atomic E-state index is 5.49. The molecule has 2 fully saturated rings. The van der Waals surface area contributed by atoms with Gasteiger partial charge < -0.3 is 9.47 Å². The van der Waals surface area contributed by atoms with E-state index in [4.69, 9.17) is 9.47 Å². The highest BCUT2D eigenvalue weighted by atomic mass is 16.7. The Kier molecular flexibility index (Phi) is 2.99. The van der Waals surface area contributed by atoms with Gasteiger partial charge in [0.05, 0.1) is 0 Å². The highest BCUT2D eigenvalue weighted by molar-refractivity contribution is 5.09. The van der Waals surface area contributed by atoms with Gasteiger partial charge in [0.1, 0.15) is 13.2 Å². The highest BCUT2D eigenvalue weighted by Crippen LogP contribution is 2.37. The van der Waals surface area contributed by atoms with E-state index in [2.05, 4.69) is 13.8 Å². The molecule has 2 aliphatic rings. The van der Waals surface area contributed by atoms with Gasteiger partial charge in [-0.25, -0.2) is 0 Å². The summed E-state index contributed by atoms with van der Waals surface area (Å²) in [6.07, 6.45) is 5.01. The Labute approximate surface area is 86.3 Å². The molecule has 2 rings (SSSR count).